The van der Waals surface area contributed by atoms with E-state index in [9.17, 15) is 9.59 Å². The monoisotopic (exact) mass is 371 g/mol. The number of ether oxygens (including phenoxy) is 1. The summed E-state index contributed by atoms with van der Waals surface area (Å²) in [5, 5.41) is 9.05. The average Bonchev–Trinajstić information content (AvgIpc) is 3.25. The van der Waals surface area contributed by atoms with Crippen LogP contribution in [0.3, 0.4) is 0 Å². The molecule has 0 amide bonds. The van der Waals surface area contributed by atoms with Gasteiger partial charge in [0.1, 0.15) is 5.75 Å². The van der Waals surface area contributed by atoms with E-state index in [4.69, 9.17) is 9.84 Å². The Morgan fingerprint density at radius 3 is 2.81 bits per heavy atom. The van der Waals surface area contributed by atoms with Gasteiger partial charge in [-0.2, -0.15) is 4.98 Å². The van der Waals surface area contributed by atoms with Gasteiger partial charge in [0.05, 0.1) is 7.11 Å². The fourth-order valence-corrected chi connectivity index (χ4v) is 3.53. The van der Waals surface area contributed by atoms with Crippen molar-refractivity contribution in [1.29, 1.82) is 0 Å². The summed E-state index contributed by atoms with van der Waals surface area (Å²) >= 11 is 0. The van der Waals surface area contributed by atoms with Gasteiger partial charge in [0.2, 0.25) is 5.95 Å². The van der Waals surface area contributed by atoms with Crippen molar-refractivity contribution in [2.45, 2.75) is 19.5 Å². The van der Waals surface area contributed by atoms with Crippen LogP contribution in [0.2, 0.25) is 0 Å². The highest BCUT2D eigenvalue weighted by molar-refractivity contribution is 5.77. The normalized spacial score (nSPS) is 13.4. The summed E-state index contributed by atoms with van der Waals surface area (Å²) in [5.41, 5.74) is 0.899. The van der Waals surface area contributed by atoms with Crippen molar-refractivity contribution < 1.29 is 9.84 Å². The van der Waals surface area contributed by atoms with Gasteiger partial charge < -0.3 is 19.3 Å². The van der Waals surface area contributed by atoms with E-state index in [1.165, 1.54) is 9.13 Å². The van der Waals surface area contributed by atoms with Crippen molar-refractivity contribution in [3.63, 3.8) is 0 Å². The minimum atomic E-state index is -0.425. The summed E-state index contributed by atoms with van der Waals surface area (Å²) in [4.78, 5) is 32.1. The van der Waals surface area contributed by atoms with Crippen molar-refractivity contribution in [2.24, 2.45) is 7.05 Å². The maximum Gasteiger partial charge on any atom is 0.332 e. The molecule has 0 fully saturated rings. The number of aromatic nitrogens is 4. The molecule has 0 bridgehead atoms. The highest BCUT2D eigenvalue weighted by Gasteiger charge is 2.28. The third-order valence-corrected chi connectivity index (χ3v) is 4.91. The molecule has 2 aromatic heterocycles. The van der Waals surface area contributed by atoms with Crippen LogP contribution < -0.4 is 20.9 Å². The minimum Gasteiger partial charge on any atom is -0.497 e. The number of imidazole rings is 1. The largest absolute Gasteiger partial charge is 0.497 e. The Labute approximate surface area is 154 Å². The van der Waals surface area contributed by atoms with Gasteiger partial charge in [-0.05, 0) is 18.6 Å². The van der Waals surface area contributed by atoms with Crippen LogP contribution in [-0.4, -0.2) is 44.1 Å². The third-order valence-electron chi connectivity index (χ3n) is 4.91. The van der Waals surface area contributed by atoms with Crippen LogP contribution in [-0.2, 0) is 20.1 Å². The molecule has 1 aromatic carbocycles. The Morgan fingerprint density at radius 1 is 1.26 bits per heavy atom. The zero-order chi connectivity index (χ0) is 19.1. The first-order valence-electron chi connectivity index (χ1n) is 8.79. The van der Waals surface area contributed by atoms with E-state index in [2.05, 4.69) is 4.98 Å². The van der Waals surface area contributed by atoms with E-state index in [0.717, 1.165) is 11.4 Å². The summed E-state index contributed by atoms with van der Waals surface area (Å²) in [6.07, 6.45) is 0.345. The topological polar surface area (TPSA) is 94.5 Å². The second-order valence-corrected chi connectivity index (χ2v) is 6.46. The molecule has 142 valence electrons. The quantitative estimate of drug-likeness (QED) is 0.699. The predicted molar refractivity (Wildman–Crippen MR) is 101 cm³/mol. The molecule has 3 heterocycles. The predicted octanol–water partition coefficient (Wildman–Crippen LogP) is 0.439. The first kappa shape index (κ1) is 17.3. The standard InChI is InChI=1S/C18H21N5O4/c1-20-15-14(16(25)23(18(20)26)7-4-10-24)22-9-8-21(17(22)19-15)12-5-3-6-13(11-12)27-2/h3,5-6,11,24H,4,7-10H2,1-2H3. The molecule has 0 aliphatic carbocycles. The molecular weight excluding hydrogens is 350 g/mol. The number of hydrogen-bond acceptors (Lipinski definition) is 6. The summed E-state index contributed by atoms with van der Waals surface area (Å²) in [6.45, 7) is 1.36. The molecule has 0 spiro atoms. The average molecular weight is 371 g/mol. The zero-order valence-electron chi connectivity index (χ0n) is 15.3. The Bertz CT molecular complexity index is 1130. The first-order chi connectivity index (χ1) is 13.1. The maximum atomic E-state index is 12.9. The van der Waals surface area contributed by atoms with E-state index >= 15 is 0 Å². The van der Waals surface area contributed by atoms with E-state index in [1.54, 1.807) is 14.2 Å². The number of benzene rings is 1. The van der Waals surface area contributed by atoms with Crippen LogP contribution in [0.15, 0.2) is 33.9 Å². The molecule has 3 aromatic rings. The second-order valence-electron chi connectivity index (χ2n) is 6.46. The Morgan fingerprint density at radius 2 is 2.07 bits per heavy atom. The van der Waals surface area contributed by atoms with Gasteiger partial charge in [0.25, 0.3) is 5.56 Å². The summed E-state index contributed by atoms with van der Waals surface area (Å²) < 4.78 is 9.71. The Kier molecular flexibility index (Phi) is 4.23. The van der Waals surface area contributed by atoms with E-state index in [0.29, 0.717) is 36.6 Å². The molecule has 27 heavy (non-hydrogen) atoms. The molecule has 0 unspecified atom stereocenters. The van der Waals surface area contributed by atoms with Crippen LogP contribution >= 0.6 is 0 Å². The number of aliphatic hydroxyl groups is 1. The number of aliphatic hydroxyl groups excluding tert-OH is 1. The van der Waals surface area contributed by atoms with E-state index in [-0.39, 0.29) is 18.7 Å². The number of nitrogens with zero attached hydrogens (tertiary/aromatic N) is 5. The molecule has 0 atom stereocenters. The van der Waals surface area contributed by atoms with Crippen LogP contribution in [0.4, 0.5) is 11.6 Å². The lowest BCUT2D eigenvalue weighted by molar-refractivity contribution is 0.277. The number of hydrogen-bond donors (Lipinski definition) is 1. The molecule has 9 nitrogen and oxygen atoms in total. The van der Waals surface area contributed by atoms with Gasteiger partial charge in [-0.15, -0.1) is 0 Å². The smallest absolute Gasteiger partial charge is 0.332 e. The Balaban J connectivity index is 1.90. The lowest BCUT2D eigenvalue weighted by Crippen LogP contribution is -2.39. The molecule has 0 saturated carbocycles. The molecule has 9 heteroatoms. The minimum absolute atomic E-state index is 0.0816. The molecule has 1 N–H and O–H groups in total. The highest BCUT2D eigenvalue weighted by atomic mass is 16.5. The fraction of sp³-hybridized carbons (Fsp3) is 0.389. The molecule has 1 aliphatic rings. The summed E-state index contributed by atoms with van der Waals surface area (Å²) in [5.74, 6) is 1.37. The number of fused-ring (bicyclic) bond motifs is 3. The highest BCUT2D eigenvalue weighted by Crippen LogP contribution is 2.33. The second kappa shape index (κ2) is 6.58. The Hall–Kier alpha value is -3.07. The molecule has 1 aliphatic heterocycles. The van der Waals surface area contributed by atoms with Crippen molar-refractivity contribution in [3.8, 4) is 5.75 Å². The van der Waals surface area contributed by atoms with Gasteiger partial charge in [-0.25, -0.2) is 4.79 Å². The van der Waals surface area contributed by atoms with Crippen LogP contribution in [0.25, 0.3) is 11.2 Å². The first-order valence-corrected chi connectivity index (χ1v) is 8.79. The number of methoxy groups -OCH3 is 1. The molecule has 4 rings (SSSR count). The van der Waals surface area contributed by atoms with Crippen molar-refractivity contribution in [3.05, 3.63) is 45.1 Å². The van der Waals surface area contributed by atoms with Gasteiger partial charge in [0.15, 0.2) is 11.2 Å². The fourth-order valence-electron chi connectivity index (χ4n) is 3.53. The van der Waals surface area contributed by atoms with Crippen molar-refractivity contribution in [1.82, 2.24) is 18.7 Å². The van der Waals surface area contributed by atoms with Gasteiger partial charge >= 0.3 is 5.69 Å². The van der Waals surface area contributed by atoms with E-state index in [1.807, 2.05) is 33.7 Å². The van der Waals surface area contributed by atoms with Gasteiger partial charge in [-0.1, -0.05) is 6.07 Å². The molecule has 0 radical (unpaired) electrons. The summed E-state index contributed by atoms with van der Waals surface area (Å²) in [7, 11) is 3.22. The zero-order valence-corrected chi connectivity index (χ0v) is 15.3. The van der Waals surface area contributed by atoms with Gasteiger partial charge in [0, 0.05) is 45.0 Å². The van der Waals surface area contributed by atoms with Crippen LogP contribution in [0.5, 0.6) is 5.75 Å². The lowest BCUT2D eigenvalue weighted by Gasteiger charge is -2.16. The number of rotatable bonds is 5. The third kappa shape index (κ3) is 2.62. The summed E-state index contributed by atoms with van der Waals surface area (Å²) in [6, 6.07) is 7.63. The molecule has 0 saturated heterocycles. The van der Waals surface area contributed by atoms with Crippen LogP contribution in [0, 0.1) is 0 Å². The lowest BCUT2D eigenvalue weighted by atomic mass is 10.3. The number of anilines is 2. The molecular formula is C18H21N5O4. The maximum absolute atomic E-state index is 12.9. The van der Waals surface area contributed by atoms with Crippen molar-refractivity contribution >= 4 is 22.8 Å². The van der Waals surface area contributed by atoms with E-state index < -0.39 is 5.69 Å². The van der Waals surface area contributed by atoms with Crippen LogP contribution in [0.1, 0.15) is 6.42 Å². The van der Waals surface area contributed by atoms with Crippen molar-refractivity contribution in [2.75, 3.05) is 25.2 Å². The number of aryl methyl sites for hydroxylation is 1. The van der Waals surface area contributed by atoms with Gasteiger partial charge in [-0.3, -0.25) is 13.9 Å². The SMILES string of the molecule is COc1cccc(N2CCn3c2nc2c3c(=O)n(CCCO)c(=O)n2C)c1.